The summed E-state index contributed by atoms with van der Waals surface area (Å²) in [5.41, 5.74) is 1.12. The molecule has 0 aliphatic rings. The predicted molar refractivity (Wildman–Crippen MR) is 138 cm³/mol. The van der Waals surface area contributed by atoms with Crippen LogP contribution in [0.4, 0.5) is 0 Å². The van der Waals surface area contributed by atoms with Crippen LogP contribution in [0.25, 0.3) is 12.2 Å². The smallest absolute Gasteiger partial charge is 0.162 e. The molecule has 0 aliphatic carbocycles. The van der Waals surface area contributed by atoms with Crippen LogP contribution in [0.15, 0.2) is 36.4 Å². The highest BCUT2D eigenvalue weighted by Crippen LogP contribution is 2.21. The van der Waals surface area contributed by atoms with Gasteiger partial charge in [0.05, 0.1) is 0 Å². The highest BCUT2D eigenvalue weighted by Gasteiger charge is 2.28. The number of ketones is 2. The lowest BCUT2D eigenvalue weighted by atomic mass is 9.86. The van der Waals surface area contributed by atoms with E-state index in [0.29, 0.717) is 0 Å². The van der Waals surface area contributed by atoms with Gasteiger partial charge in [0.1, 0.15) is 0 Å². The minimum atomic E-state index is -0.413. The lowest BCUT2D eigenvalue weighted by Crippen LogP contribution is -2.38. The van der Waals surface area contributed by atoms with Crippen molar-refractivity contribution in [1.82, 2.24) is 9.80 Å². The SMILES string of the molecule is CCN(CC)CC(C)(C)C(=O)/C=C\c1ccc(/C=C\C(=O)C(C)(C)CN(CC)CC)cc1. The first-order valence-electron chi connectivity index (χ1n) is 12.0. The van der Waals surface area contributed by atoms with Crippen LogP contribution >= 0.6 is 0 Å². The summed E-state index contributed by atoms with van der Waals surface area (Å²) in [7, 11) is 0. The standard InChI is InChI=1S/C28H44N2O2/c1-9-29(10-2)21-27(5,6)25(31)19-17-23-13-15-24(16-14-23)18-20-26(32)28(7,8)22-30(11-3)12-4/h13-20H,9-12,21-22H2,1-8H3/b19-17-,20-18-. The van der Waals surface area contributed by atoms with Gasteiger partial charge >= 0.3 is 0 Å². The van der Waals surface area contributed by atoms with Crippen molar-refractivity contribution in [3.05, 3.63) is 47.5 Å². The van der Waals surface area contributed by atoms with Crippen molar-refractivity contribution in [2.45, 2.75) is 55.4 Å². The molecule has 0 aromatic heterocycles. The van der Waals surface area contributed by atoms with Crippen molar-refractivity contribution < 1.29 is 9.59 Å². The summed E-state index contributed by atoms with van der Waals surface area (Å²) in [5.74, 6) is 0.267. The Kier molecular flexibility index (Phi) is 11.2. The van der Waals surface area contributed by atoms with E-state index in [2.05, 4.69) is 37.5 Å². The highest BCUT2D eigenvalue weighted by atomic mass is 16.1. The third-order valence-corrected chi connectivity index (χ3v) is 6.15. The summed E-state index contributed by atoms with van der Waals surface area (Å²) in [6.07, 6.45) is 7.12. The first-order valence-corrected chi connectivity index (χ1v) is 12.0. The van der Waals surface area contributed by atoms with Crippen molar-refractivity contribution in [1.29, 1.82) is 0 Å². The monoisotopic (exact) mass is 440 g/mol. The normalized spacial score (nSPS) is 13.1. The molecule has 1 aromatic rings. The molecule has 1 aromatic carbocycles. The van der Waals surface area contributed by atoms with Crippen molar-refractivity contribution in [2.75, 3.05) is 39.3 Å². The van der Waals surface area contributed by atoms with E-state index in [-0.39, 0.29) is 11.6 Å². The number of rotatable bonds is 14. The van der Waals surface area contributed by atoms with E-state index in [1.54, 1.807) is 12.2 Å². The van der Waals surface area contributed by atoms with E-state index >= 15 is 0 Å². The second-order valence-corrected chi connectivity index (χ2v) is 9.75. The Morgan fingerprint density at radius 1 is 0.656 bits per heavy atom. The summed E-state index contributed by atoms with van der Waals surface area (Å²) >= 11 is 0. The van der Waals surface area contributed by atoms with Crippen molar-refractivity contribution in [2.24, 2.45) is 10.8 Å². The lowest BCUT2D eigenvalue weighted by molar-refractivity contribution is -0.123. The number of benzene rings is 1. The Morgan fingerprint density at radius 3 is 1.19 bits per heavy atom. The van der Waals surface area contributed by atoms with Gasteiger partial charge in [-0.25, -0.2) is 0 Å². The Morgan fingerprint density at radius 2 is 0.938 bits per heavy atom. The van der Waals surface area contributed by atoms with Crippen molar-refractivity contribution >= 4 is 23.7 Å². The molecule has 0 atom stereocenters. The molecule has 4 heteroatoms. The van der Waals surface area contributed by atoms with Crippen molar-refractivity contribution in [3.63, 3.8) is 0 Å². The van der Waals surface area contributed by atoms with Crippen LogP contribution in [0.2, 0.25) is 0 Å². The summed E-state index contributed by atoms with van der Waals surface area (Å²) in [4.78, 5) is 29.9. The Bertz CT molecular complexity index is 713. The first kappa shape index (κ1) is 28.0. The molecule has 0 spiro atoms. The van der Waals surface area contributed by atoms with Crippen LogP contribution in [-0.4, -0.2) is 60.6 Å². The molecule has 0 unspecified atom stereocenters. The highest BCUT2D eigenvalue weighted by molar-refractivity contribution is 5.98. The molecule has 1 rings (SSSR count). The maximum atomic E-state index is 12.7. The second-order valence-electron chi connectivity index (χ2n) is 9.75. The molecule has 0 N–H and O–H groups in total. The topological polar surface area (TPSA) is 40.6 Å². The average Bonchev–Trinajstić information content (AvgIpc) is 2.78. The molecule has 0 aliphatic heterocycles. The molecule has 0 bridgehead atoms. The molecule has 0 saturated carbocycles. The fourth-order valence-electron chi connectivity index (χ4n) is 3.68. The van der Waals surface area contributed by atoms with E-state index < -0.39 is 10.8 Å². The van der Waals surface area contributed by atoms with Gasteiger partial charge in [-0.3, -0.25) is 9.59 Å². The van der Waals surface area contributed by atoms with E-state index in [9.17, 15) is 9.59 Å². The van der Waals surface area contributed by atoms with Gasteiger partial charge in [0.25, 0.3) is 0 Å². The zero-order valence-electron chi connectivity index (χ0n) is 21.6. The van der Waals surface area contributed by atoms with Gasteiger partial charge in [-0.1, -0.05) is 91.8 Å². The molecular formula is C28H44N2O2. The van der Waals surface area contributed by atoms with Crippen LogP contribution < -0.4 is 0 Å². The number of carbonyl (C=O) groups is 2. The molecule has 32 heavy (non-hydrogen) atoms. The maximum absolute atomic E-state index is 12.7. The molecule has 0 fully saturated rings. The number of allylic oxidation sites excluding steroid dienone is 2. The zero-order chi connectivity index (χ0) is 24.4. The van der Waals surface area contributed by atoms with Crippen LogP contribution in [0.1, 0.15) is 66.5 Å². The van der Waals surface area contributed by atoms with E-state index in [4.69, 9.17) is 0 Å². The number of nitrogens with zero attached hydrogens (tertiary/aromatic N) is 2. The Labute approximate surface area is 196 Å². The van der Waals surface area contributed by atoms with Gasteiger partial charge in [0.2, 0.25) is 0 Å². The fraction of sp³-hybridized carbons (Fsp3) is 0.571. The van der Waals surface area contributed by atoms with Gasteiger partial charge < -0.3 is 9.80 Å². The molecule has 0 saturated heterocycles. The predicted octanol–water partition coefficient (Wildman–Crippen LogP) is 5.59. The third kappa shape index (κ3) is 8.84. The van der Waals surface area contributed by atoms with Crippen LogP contribution in [0, 0.1) is 10.8 Å². The van der Waals surface area contributed by atoms with E-state index in [1.807, 2.05) is 64.1 Å². The Balaban J connectivity index is 2.76. The van der Waals surface area contributed by atoms with Gasteiger partial charge in [-0.05, 0) is 49.5 Å². The number of hydrogen-bond donors (Lipinski definition) is 0. The number of hydrogen-bond acceptors (Lipinski definition) is 4. The van der Waals surface area contributed by atoms with Crippen LogP contribution in [-0.2, 0) is 9.59 Å². The van der Waals surface area contributed by atoms with Gasteiger partial charge in [0.15, 0.2) is 11.6 Å². The minimum Gasteiger partial charge on any atom is -0.303 e. The summed E-state index contributed by atoms with van der Waals surface area (Å²) in [6, 6.07) is 7.91. The molecule has 178 valence electrons. The summed E-state index contributed by atoms with van der Waals surface area (Å²) < 4.78 is 0. The van der Waals surface area contributed by atoms with Crippen LogP contribution in [0.5, 0.6) is 0 Å². The first-order chi connectivity index (χ1) is 15.0. The third-order valence-electron chi connectivity index (χ3n) is 6.15. The number of carbonyl (C=O) groups excluding carboxylic acids is 2. The van der Waals surface area contributed by atoms with Gasteiger partial charge in [0, 0.05) is 23.9 Å². The summed E-state index contributed by atoms with van der Waals surface area (Å²) in [6.45, 7) is 21.8. The van der Waals surface area contributed by atoms with Crippen LogP contribution in [0.3, 0.4) is 0 Å². The molecule has 0 heterocycles. The second kappa shape index (κ2) is 12.9. The van der Waals surface area contributed by atoms with Gasteiger partial charge in [-0.2, -0.15) is 0 Å². The average molecular weight is 441 g/mol. The summed E-state index contributed by atoms with van der Waals surface area (Å²) in [5, 5.41) is 0. The quantitative estimate of drug-likeness (QED) is 0.354. The van der Waals surface area contributed by atoms with Crippen molar-refractivity contribution in [3.8, 4) is 0 Å². The van der Waals surface area contributed by atoms with E-state index in [0.717, 1.165) is 50.4 Å². The Hall–Kier alpha value is -2.04. The largest absolute Gasteiger partial charge is 0.303 e. The fourth-order valence-corrected chi connectivity index (χ4v) is 3.68. The zero-order valence-corrected chi connectivity index (χ0v) is 21.6. The molecular weight excluding hydrogens is 396 g/mol. The van der Waals surface area contributed by atoms with E-state index in [1.165, 1.54) is 0 Å². The molecule has 0 radical (unpaired) electrons. The molecule has 0 amide bonds. The minimum absolute atomic E-state index is 0.134. The molecule has 4 nitrogen and oxygen atoms in total. The van der Waals surface area contributed by atoms with Gasteiger partial charge in [-0.15, -0.1) is 0 Å². The maximum Gasteiger partial charge on any atom is 0.162 e. The lowest BCUT2D eigenvalue weighted by Gasteiger charge is -2.29.